The van der Waals surface area contributed by atoms with Crippen molar-refractivity contribution in [3.63, 3.8) is 0 Å². The molecule has 0 atom stereocenters. The van der Waals surface area contributed by atoms with Crippen LogP contribution in [-0.2, 0) is 6.54 Å². The van der Waals surface area contributed by atoms with Crippen LogP contribution in [0.4, 0.5) is 0 Å². The van der Waals surface area contributed by atoms with Gasteiger partial charge in [0.05, 0.1) is 0 Å². The lowest BCUT2D eigenvalue weighted by atomic mass is 10.0. The van der Waals surface area contributed by atoms with Crippen LogP contribution in [0.1, 0.15) is 44.7 Å². The number of hydrogen-bond donors (Lipinski definition) is 0. The fourth-order valence-corrected chi connectivity index (χ4v) is 2.40. The minimum Gasteiger partial charge on any atom is -0.343 e. The number of nitrogens with zero attached hydrogens (tertiary/aromatic N) is 2. The van der Waals surface area contributed by atoms with Crippen LogP contribution >= 0.6 is 0 Å². The van der Waals surface area contributed by atoms with Crippen LogP contribution in [0.25, 0.3) is 10.9 Å². The van der Waals surface area contributed by atoms with Gasteiger partial charge in [0.25, 0.3) is 0 Å². The first-order chi connectivity index (χ1) is 10.2. The highest BCUT2D eigenvalue weighted by Crippen LogP contribution is 2.22. The maximum Gasteiger partial charge on any atom is 0.0491 e. The molecule has 0 unspecified atom stereocenters. The number of benzene rings is 1. The quantitative estimate of drug-likeness (QED) is 0.642. The van der Waals surface area contributed by atoms with Gasteiger partial charge in [-0.05, 0) is 46.7 Å². The SMILES string of the molecule is CC.CC(C)c1ccc2c(ccn2Cc2cccnc2)c1. The van der Waals surface area contributed by atoms with E-state index in [-0.39, 0.29) is 0 Å². The number of hydrogen-bond acceptors (Lipinski definition) is 1. The number of pyridine rings is 1. The Labute approximate surface area is 127 Å². The number of aromatic nitrogens is 2. The van der Waals surface area contributed by atoms with Crippen molar-refractivity contribution in [2.45, 2.75) is 40.2 Å². The third kappa shape index (κ3) is 3.52. The molecule has 0 aliphatic carbocycles. The highest BCUT2D eigenvalue weighted by Gasteiger charge is 2.05. The second-order valence-corrected chi connectivity index (χ2v) is 5.28. The largest absolute Gasteiger partial charge is 0.343 e. The molecule has 2 nitrogen and oxygen atoms in total. The molecule has 2 aromatic heterocycles. The summed E-state index contributed by atoms with van der Waals surface area (Å²) in [5.74, 6) is 0.575. The van der Waals surface area contributed by atoms with E-state index in [0.717, 1.165) is 6.54 Å². The van der Waals surface area contributed by atoms with E-state index in [4.69, 9.17) is 0 Å². The molecule has 0 amide bonds. The predicted octanol–water partition coefficient (Wildman–Crippen LogP) is 5.23. The van der Waals surface area contributed by atoms with Gasteiger partial charge in [-0.2, -0.15) is 0 Å². The van der Waals surface area contributed by atoms with E-state index in [9.17, 15) is 0 Å². The fourth-order valence-electron chi connectivity index (χ4n) is 2.40. The minimum absolute atomic E-state index is 0.575. The molecule has 0 saturated carbocycles. The second kappa shape index (κ2) is 7.07. The molecule has 0 bridgehead atoms. The Balaban J connectivity index is 0.000000774. The Morgan fingerprint density at radius 2 is 1.90 bits per heavy atom. The Kier molecular flexibility index (Phi) is 5.15. The molecule has 0 fully saturated rings. The molecule has 0 aliphatic rings. The van der Waals surface area contributed by atoms with Crippen molar-refractivity contribution < 1.29 is 0 Å². The van der Waals surface area contributed by atoms with Gasteiger partial charge in [0.15, 0.2) is 0 Å². The maximum atomic E-state index is 4.17. The van der Waals surface area contributed by atoms with Crippen LogP contribution in [-0.4, -0.2) is 9.55 Å². The van der Waals surface area contributed by atoms with Crippen LogP contribution in [0, 0.1) is 0 Å². The summed E-state index contributed by atoms with van der Waals surface area (Å²) in [4.78, 5) is 4.17. The molecule has 2 heterocycles. The topological polar surface area (TPSA) is 17.8 Å². The molecule has 0 saturated heterocycles. The van der Waals surface area contributed by atoms with Crippen LogP contribution in [0.2, 0.25) is 0 Å². The zero-order chi connectivity index (χ0) is 15.2. The van der Waals surface area contributed by atoms with Crippen molar-refractivity contribution in [2.24, 2.45) is 0 Å². The van der Waals surface area contributed by atoms with E-state index >= 15 is 0 Å². The third-order valence-corrected chi connectivity index (χ3v) is 3.54. The van der Waals surface area contributed by atoms with Gasteiger partial charge in [-0.1, -0.05) is 39.8 Å². The molecule has 21 heavy (non-hydrogen) atoms. The fraction of sp³-hybridized carbons (Fsp3) is 0.316. The summed E-state index contributed by atoms with van der Waals surface area (Å²) in [7, 11) is 0. The van der Waals surface area contributed by atoms with Crippen molar-refractivity contribution in [3.8, 4) is 0 Å². The zero-order valence-corrected chi connectivity index (χ0v) is 13.4. The highest BCUT2D eigenvalue weighted by atomic mass is 15.0. The van der Waals surface area contributed by atoms with Gasteiger partial charge in [0.2, 0.25) is 0 Å². The lowest BCUT2D eigenvalue weighted by Crippen LogP contribution is -1.98. The van der Waals surface area contributed by atoms with Crippen molar-refractivity contribution in [3.05, 3.63) is 66.1 Å². The molecule has 0 aliphatic heterocycles. The lowest BCUT2D eigenvalue weighted by molar-refractivity contribution is 0.830. The Hall–Kier alpha value is -2.09. The standard InChI is InChI=1S/C17H18N2.C2H6/c1-13(2)15-5-6-17-16(10-15)7-9-19(17)12-14-4-3-8-18-11-14;1-2/h3-11,13H,12H2,1-2H3;1-2H3. The Morgan fingerprint density at radius 1 is 1.10 bits per heavy atom. The van der Waals surface area contributed by atoms with Crippen LogP contribution in [0.3, 0.4) is 0 Å². The Morgan fingerprint density at radius 3 is 2.57 bits per heavy atom. The van der Waals surface area contributed by atoms with Crippen LogP contribution in [0.15, 0.2) is 55.0 Å². The van der Waals surface area contributed by atoms with Crippen LogP contribution in [0.5, 0.6) is 0 Å². The van der Waals surface area contributed by atoms with Crippen molar-refractivity contribution in [1.82, 2.24) is 9.55 Å². The first-order valence-corrected chi connectivity index (χ1v) is 7.72. The minimum atomic E-state index is 0.575. The van der Waals surface area contributed by atoms with E-state index < -0.39 is 0 Å². The van der Waals surface area contributed by atoms with Gasteiger partial charge in [-0.25, -0.2) is 0 Å². The van der Waals surface area contributed by atoms with Gasteiger partial charge in [-0.15, -0.1) is 0 Å². The van der Waals surface area contributed by atoms with E-state index in [2.05, 4.69) is 59.9 Å². The molecule has 110 valence electrons. The van der Waals surface area contributed by atoms with Crippen molar-refractivity contribution >= 4 is 10.9 Å². The average Bonchev–Trinajstić information content (AvgIpc) is 2.92. The smallest absolute Gasteiger partial charge is 0.0491 e. The van der Waals surface area contributed by atoms with Gasteiger partial charge < -0.3 is 4.57 Å². The van der Waals surface area contributed by atoms with E-state index in [1.54, 1.807) is 0 Å². The molecule has 0 N–H and O–H groups in total. The first-order valence-electron chi connectivity index (χ1n) is 7.72. The zero-order valence-electron chi connectivity index (χ0n) is 13.4. The van der Waals surface area contributed by atoms with Gasteiger partial charge in [0, 0.05) is 30.7 Å². The summed E-state index contributed by atoms with van der Waals surface area (Å²) in [6.45, 7) is 9.33. The van der Waals surface area contributed by atoms with Gasteiger partial charge in [-0.3, -0.25) is 4.98 Å². The summed E-state index contributed by atoms with van der Waals surface area (Å²) < 4.78 is 2.27. The highest BCUT2D eigenvalue weighted by molar-refractivity contribution is 5.81. The lowest BCUT2D eigenvalue weighted by Gasteiger charge is -2.08. The summed E-state index contributed by atoms with van der Waals surface area (Å²) >= 11 is 0. The molecular weight excluding hydrogens is 256 g/mol. The molecular formula is C19H24N2. The molecule has 2 heteroatoms. The summed E-state index contributed by atoms with van der Waals surface area (Å²) in [6, 6.07) is 13.0. The van der Waals surface area contributed by atoms with Crippen molar-refractivity contribution in [1.29, 1.82) is 0 Å². The normalized spacial score (nSPS) is 10.5. The van der Waals surface area contributed by atoms with Crippen LogP contribution < -0.4 is 0 Å². The number of rotatable bonds is 3. The van der Waals surface area contributed by atoms with Gasteiger partial charge in [0.1, 0.15) is 0 Å². The summed E-state index contributed by atoms with van der Waals surface area (Å²) in [6.07, 6.45) is 5.89. The van der Waals surface area contributed by atoms with E-state index in [1.165, 1.54) is 22.0 Å². The summed E-state index contributed by atoms with van der Waals surface area (Å²) in [5.41, 5.74) is 3.91. The molecule has 3 aromatic rings. The molecule has 0 radical (unpaired) electrons. The molecule has 0 spiro atoms. The van der Waals surface area contributed by atoms with Crippen molar-refractivity contribution in [2.75, 3.05) is 0 Å². The second-order valence-electron chi connectivity index (χ2n) is 5.28. The molecule has 3 rings (SSSR count). The summed E-state index contributed by atoms with van der Waals surface area (Å²) in [5, 5.41) is 1.31. The first kappa shape index (κ1) is 15.3. The number of fused-ring (bicyclic) bond motifs is 1. The average molecular weight is 280 g/mol. The Bertz CT molecular complexity index is 681. The maximum absolute atomic E-state index is 4.17. The van der Waals surface area contributed by atoms with E-state index in [0.29, 0.717) is 5.92 Å². The predicted molar refractivity (Wildman–Crippen MR) is 90.7 cm³/mol. The third-order valence-electron chi connectivity index (χ3n) is 3.54. The monoisotopic (exact) mass is 280 g/mol. The van der Waals surface area contributed by atoms with E-state index in [1.807, 2.05) is 32.3 Å². The molecule has 1 aromatic carbocycles. The van der Waals surface area contributed by atoms with Gasteiger partial charge >= 0.3 is 0 Å².